The number of hydrogen-bond acceptors (Lipinski definition) is 3. The van der Waals surface area contributed by atoms with Crippen molar-refractivity contribution in [3.63, 3.8) is 0 Å². The van der Waals surface area contributed by atoms with Crippen molar-refractivity contribution in [2.75, 3.05) is 16.2 Å². The summed E-state index contributed by atoms with van der Waals surface area (Å²) in [4.78, 5) is 12.7. The molecular formula is C22H19IN2O3S. The van der Waals surface area contributed by atoms with Crippen molar-refractivity contribution in [3.8, 4) is 0 Å². The lowest BCUT2D eigenvalue weighted by molar-refractivity contribution is 0.102. The first kappa shape index (κ1) is 19.9. The van der Waals surface area contributed by atoms with Crippen LogP contribution in [0.5, 0.6) is 0 Å². The molecule has 1 heterocycles. The van der Waals surface area contributed by atoms with Gasteiger partial charge in [0.1, 0.15) is 0 Å². The number of aryl methyl sites for hydroxylation is 1. The number of nitrogens with one attached hydrogen (secondary N) is 1. The highest BCUT2D eigenvalue weighted by atomic mass is 127. The topological polar surface area (TPSA) is 66.5 Å². The zero-order valence-corrected chi connectivity index (χ0v) is 18.5. The van der Waals surface area contributed by atoms with Crippen LogP contribution in [0.15, 0.2) is 77.7 Å². The molecule has 0 saturated carbocycles. The van der Waals surface area contributed by atoms with Gasteiger partial charge < -0.3 is 5.32 Å². The summed E-state index contributed by atoms with van der Waals surface area (Å²) >= 11 is 2.11. The fourth-order valence-electron chi connectivity index (χ4n) is 3.43. The molecule has 3 aromatic carbocycles. The summed E-state index contributed by atoms with van der Waals surface area (Å²) in [5, 5.41) is 2.82. The first-order chi connectivity index (χ1) is 14.0. The maximum Gasteiger partial charge on any atom is 0.264 e. The summed E-state index contributed by atoms with van der Waals surface area (Å²) in [7, 11) is -3.66. The minimum absolute atomic E-state index is 0.210. The highest BCUT2D eigenvalue weighted by molar-refractivity contribution is 14.1. The van der Waals surface area contributed by atoms with Crippen molar-refractivity contribution in [1.29, 1.82) is 0 Å². The molecule has 0 aliphatic carbocycles. The molecule has 4 rings (SSSR count). The van der Waals surface area contributed by atoms with Gasteiger partial charge in [0.25, 0.3) is 15.9 Å². The van der Waals surface area contributed by atoms with E-state index in [1.807, 2.05) is 42.5 Å². The van der Waals surface area contributed by atoms with E-state index in [0.29, 0.717) is 17.8 Å². The average molecular weight is 518 g/mol. The summed E-state index contributed by atoms with van der Waals surface area (Å²) in [6.07, 6.45) is 1.67. The SMILES string of the molecule is O=C(Nc1ccc(S(=O)(=O)N2CCCc3ccccc32)cc1)c1ccccc1I. The molecule has 3 aromatic rings. The number of benzene rings is 3. The molecule has 1 amide bonds. The number of fused-ring (bicyclic) bond motifs is 1. The lowest BCUT2D eigenvalue weighted by Crippen LogP contribution is -2.35. The predicted octanol–water partition coefficient (Wildman–Crippen LogP) is 4.69. The number of amides is 1. The third kappa shape index (κ3) is 4.02. The van der Waals surface area contributed by atoms with Crippen molar-refractivity contribution in [2.45, 2.75) is 17.7 Å². The average Bonchev–Trinajstić information content (AvgIpc) is 2.74. The Balaban J connectivity index is 1.57. The summed E-state index contributed by atoms with van der Waals surface area (Å²) in [6.45, 7) is 0.463. The van der Waals surface area contributed by atoms with Crippen molar-refractivity contribution in [2.24, 2.45) is 0 Å². The minimum atomic E-state index is -3.66. The first-order valence-electron chi connectivity index (χ1n) is 9.23. The van der Waals surface area contributed by atoms with Crippen LogP contribution in [0.25, 0.3) is 0 Å². The lowest BCUT2D eigenvalue weighted by Gasteiger charge is -2.30. The van der Waals surface area contributed by atoms with E-state index in [2.05, 4.69) is 27.9 Å². The summed E-state index contributed by atoms with van der Waals surface area (Å²) in [6, 6.07) is 21.2. The summed E-state index contributed by atoms with van der Waals surface area (Å²) in [5.41, 5.74) is 2.92. The highest BCUT2D eigenvalue weighted by Gasteiger charge is 2.28. The molecule has 0 unspecified atom stereocenters. The molecule has 5 nitrogen and oxygen atoms in total. The normalized spacial score (nSPS) is 13.6. The second-order valence-corrected chi connectivity index (χ2v) is 9.79. The Morgan fingerprint density at radius 3 is 2.38 bits per heavy atom. The van der Waals surface area contributed by atoms with Gasteiger partial charge >= 0.3 is 0 Å². The zero-order valence-electron chi connectivity index (χ0n) is 15.5. The Kier molecular flexibility index (Phi) is 5.60. The fourth-order valence-corrected chi connectivity index (χ4v) is 5.60. The van der Waals surface area contributed by atoms with Gasteiger partial charge in [-0.15, -0.1) is 0 Å². The second-order valence-electron chi connectivity index (χ2n) is 6.77. The molecule has 1 aliphatic heterocycles. The van der Waals surface area contributed by atoms with Gasteiger partial charge in [-0.3, -0.25) is 9.10 Å². The Bertz CT molecular complexity index is 1160. The number of carbonyl (C=O) groups is 1. The number of sulfonamides is 1. The molecule has 7 heteroatoms. The Hall–Kier alpha value is -2.39. The van der Waals surface area contributed by atoms with E-state index in [9.17, 15) is 13.2 Å². The molecule has 1 N–H and O–H groups in total. The number of halogens is 1. The van der Waals surface area contributed by atoms with Gasteiger partial charge in [0, 0.05) is 15.8 Å². The third-order valence-corrected chi connectivity index (χ3v) is 7.65. The van der Waals surface area contributed by atoms with Crippen molar-refractivity contribution in [3.05, 3.63) is 87.5 Å². The number of carbonyl (C=O) groups excluding carboxylic acids is 1. The van der Waals surface area contributed by atoms with Gasteiger partial charge in [-0.05, 0) is 83.5 Å². The molecule has 1 aliphatic rings. The van der Waals surface area contributed by atoms with E-state index < -0.39 is 10.0 Å². The standard InChI is InChI=1S/C22H19IN2O3S/c23-20-9-3-2-8-19(20)22(26)24-17-11-13-18(14-12-17)29(27,28)25-15-5-7-16-6-1-4-10-21(16)25/h1-4,6,8-14H,5,7,15H2,(H,24,26). The number of rotatable bonds is 4. The van der Waals surface area contributed by atoms with E-state index in [4.69, 9.17) is 0 Å². The largest absolute Gasteiger partial charge is 0.322 e. The molecule has 0 fully saturated rings. The molecule has 0 saturated heterocycles. The minimum Gasteiger partial charge on any atom is -0.322 e. The lowest BCUT2D eigenvalue weighted by atomic mass is 10.0. The van der Waals surface area contributed by atoms with E-state index >= 15 is 0 Å². The molecular weight excluding hydrogens is 499 g/mol. The van der Waals surface area contributed by atoms with E-state index in [0.717, 1.165) is 27.7 Å². The molecule has 0 radical (unpaired) electrons. The van der Waals surface area contributed by atoms with Crippen LogP contribution in [0.3, 0.4) is 0 Å². The Morgan fingerprint density at radius 2 is 1.62 bits per heavy atom. The van der Waals surface area contributed by atoms with Crippen LogP contribution in [0.4, 0.5) is 11.4 Å². The number of nitrogens with zero attached hydrogens (tertiary/aromatic N) is 1. The van der Waals surface area contributed by atoms with Crippen molar-refractivity contribution >= 4 is 49.9 Å². The van der Waals surface area contributed by atoms with E-state index in [1.165, 1.54) is 16.4 Å². The van der Waals surface area contributed by atoms with E-state index in [-0.39, 0.29) is 10.8 Å². The van der Waals surface area contributed by atoms with Gasteiger partial charge in [-0.25, -0.2) is 8.42 Å². The summed E-state index contributed by atoms with van der Waals surface area (Å²) < 4.78 is 28.7. The molecule has 148 valence electrons. The van der Waals surface area contributed by atoms with Crippen molar-refractivity contribution < 1.29 is 13.2 Å². The quantitative estimate of drug-likeness (QED) is 0.510. The van der Waals surface area contributed by atoms with Crippen LogP contribution in [-0.2, 0) is 16.4 Å². The molecule has 0 spiro atoms. The van der Waals surface area contributed by atoms with Gasteiger partial charge in [0.2, 0.25) is 0 Å². The number of hydrogen-bond donors (Lipinski definition) is 1. The number of para-hydroxylation sites is 1. The first-order valence-corrected chi connectivity index (χ1v) is 11.8. The van der Waals surface area contributed by atoms with Gasteiger partial charge in [-0.1, -0.05) is 30.3 Å². The van der Waals surface area contributed by atoms with Gasteiger partial charge in [-0.2, -0.15) is 0 Å². The number of anilines is 2. The van der Waals surface area contributed by atoms with Crippen LogP contribution >= 0.6 is 22.6 Å². The van der Waals surface area contributed by atoms with Gasteiger partial charge in [0.15, 0.2) is 0 Å². The van der Waals surface area contributed by atoms with Crippen molar-refractivity contribution in [1.82, 2.24) is 0 Å². The smallest absolute Gasteiger partial charge is 0.264 e. The molecule has 29 heavy (non-hydrogen) atoms. The maximum atomic E-state index is 13.2. The third-order valence-electron chi connectivity index (χ3n) is 4.89. The summed E-state index contributed by atoms with van der Waals surface area (Å²) in [5.74, 6) is -0.226. The van der Waals surface area contributed by atoms with Gasteiger partial charge in [0.05, 0.1) is 16.1 Å². The Labute approximate surface area is 183 Å². The van der Waals surface area contributed by atoms with Crippen LogP contribution in [0, 0.1) is 3.57 Å². The fraction of sp³-hybridized carbons (Fsp3) is 0.136. The molecule has 0 bridgehead atoms. The zero-order chi connectivity index (χ0) is 20.4. The van der Waals surface area contributed by atoms with Crippen LogP contribution in [-0.4, -0.2) is 20.9 Å². The maximum absolute atomic E-state index is 13.2. The molecule has 0 atom stereocenters. The second kappa shape index (κ2) is 8.16. The van der Waals surface area contributed by atoms with Crippen LogP contribution in [0.1, 0.15) is 22.3 Å². The van der Waals surface area contributed by atoms with E-state index in [1.54, 1.807) is 18.2 Å². The van der Waals surface area contributed by atoms with Crippen LogP contribution in [0.2, 0.25) is 0 Å². The Morgan fingerprint density at radius 1 is 0.931 bits per heavy atom. The van der Waals surface area contributed by atoms with Crippen LogP contribution < -0.4 is 9.62 Å². The highest BCUT2D eigenvalue weighted by Crippen LogP contribution is 2.32. The predicted molar refractivity (Wildman–Crippen MR) is 123 cm³/mol. The molecule has 0 aromatic heterocycles. The monoisotopic (exact) mass is 518 g/mol.